The smallest absolute Gasteiger partial charge is 0.360 e. The number of aryl methyl sites for hydroxylation is 1. The van der Waals surface area contributed by atoms with E-state index in [9.17, 15) is 4.79 Å². The van der Waals surface area contributed by atoms with Crippen LogP contribution in [-0.2, 0) is 4.74 Å². The Balaban J connectivity index is 2.20. The zero-order valence-corrected chi connectivity index (χ0v) is 11.0. The molecule has 0 spiro atoms. The molecule has 5 nitrogen and oxygen atoms in total. The zero-order valence-electron chi connectivity index (χ0n) is 10.1. The summed E-state index contributed by atoms with van der Waals surface area (Å²) in [6.07, 6.45) is 3.46. The van der Waals surface area contributed by atoms with Gasteiger partial charge < -0.3 is 10.1 Å². The van der Waals surface area contributed by atoms with Crippen molar-refractivity contribution in [2.75, 3.05) is 11.9 Å². The normalized spacial score (nSPS) is 10.1. The van der Waals surface area contributed by atoms with Crippen LogP contribution in [0.3, 0.4) is 0 Å². The summed E-state index contributed by atoms with van der Waals surface area (Å²) in [6, 6.07) is 1.95. The first kappa shape index (κ1) is 12.5. The monoisotopic (exact) mass is 263 g/mol. The lowest BCUT2D eigenvalue weighted by atomic mass is 10.3. The predicted octanol–water partition coefficient (Wildman–Crippen LogP) is 2.77. The molecule has 0 amide bonds. The van der Waals surface area contributed by atoms with Gasteiger partial charge in [-0.3, -0.25) is 4.98 Å². The Morgan fingerprint density at radius 3 is 3.06 bits per heavy atom. The molecule has 2 rings (SSSR count). The topological polar surface area (TPSA) is 64.1 Å². The van der Waals surface area contributed by atoms with Crippen LogP contribution in [0.4, 0.5) is 10.7 Å². The fourth-order valence-electron chi connectivity index (χ4n) is 1.43. The van der Waals surface area contributed by atoms with Gasteiger partial charge in [0.1, 0.15) is 5.00 Å². The molecule has 0 bridgehead atoms. The average Bonchev–Trinajstić information content (AvgIpc) is 2.77. The number of nitrogens with zero attached hydrogens (tertiary/aromatic N) is 2. The number of hydrogen-bond acceptors (Lipinski definition) is 6. The molecular weight excluding hydrogens is 250 g/mol. The lowest BCUT2D eigenvalue weighted by molar-refractivity contribution is 0.0521. The highest BCUT2D eigenvalue weighted by Crippen LogP contribution is 2.25. The minimum Gasteiger partial charge on any atom is -0.461 e. The first-order chi connectivity index (χ1) is 8.70. The molecule has 0 saturated heterocycles. The van der Waals surface area contributed by atoms with Crippen LogP contribution in [0.15, 0.2) is 24.0 Å². The standard InChI is InChI=1S/C12H13N3O2S/c1-3-17-12(16)10-11(18-7-14-10)15-9-4-8(2)5-13-6-9/h4-7,15H,3H2,1-2H3. The van der Waals surface area contributed by atoms with E-state index in [1.807, 2.05) is 13.0 Å². The summed E-state index contributed by atoms with van der Waals surface area (Å²) in [5.74, 6) is -0.415. The summed E-state index contributed by atoms with van der Waals surface area (Å²) in [7, 11) is 0. The van der Waals surface area contributed by atoms with E-state index in [2.05, 4.69) is 15.3 Å². The number of ether oxygens (including phenoxy) is 1. The molecule has 0 aliphatic rings. The van der Waals surface area contributed by atoms with Crippen molar-refractivity contribution in [3.05, 3.63) is 35.2 Å². The molecule has 18 heavy (non-hydrogen) atoms. The second kappa shape index (κ2) is 5.59. The molecule has 2 aromatic rings. The molecule has 2 aromatic heterocycles. The van der Waals surface area contributed by atoms with E-state index in [4.69, 9.17) is 4.74 Å². The van der Waals surface area contributed by atoms with E-state index in [-0.39, 0.29) is 0 Å². The van der Waals surface area contributed by atoms with E-state index >= 15 is 0 Å². The number of hydrogen-bond donors (Lipinski definition) is 1. The van der Waals surface area contributed by atoms with Gasteiger partial charge >= 0.3 is 5.97 Å². The number of carbonyl (C=O) groups excluding carboxylic acids is 1. The van der Waals surface area contributed by atoms with Gasteiger partial charge in [0, 0.05) is 6.20 Å². The maximum absolute atomic E-state index is 11.7. The minimum absolute atomic E-state index is 0.309. The molecular formula is C12H13N3O2S. The number of carbonyl (C=O) groups is 1. The maximum atomic E-state index is 11.7. The Labute approximate surface area is 109 Å². The summed E-state index contributed by atoms with van der Waals surface area (Å²) in [4.78, 5) is 19.7. The molecule has 0 aliphatic heterocycles. The van der Waals surface area contributed by atoms with Crippen molar-refractivity contribution in [3.63, 3.8) is 0 Å². The molecule has 0 radical (unpaired) electrons. The van der Waals surface area contributed by atoms with Gasteiger partial charge in [0.05, 0.1) is 24.0 Å². The lowest BCUT2D eigenvalue weighted by Crippen LogP contribution is -2.07. The van der Waals surface area contributed by atoms with Gasteiger partial charge in [0.25, 0.3) is 0 Å². The molecule has 2 heterocycles. The molecule has 0 fully saturated rings. The highest BCUT2D eigenvalue weighted by Gasteiger charge is 2.16. The fourth-order valence-corrected chi connectivity index (χ4v) is 2.12. The third-order valence-electron chi connectivity index (χ3n) is 2.17. The van der Waals surface area contributed by atoms with Crippen LogP contribution in [0.5, 0.6) is 0 Å². The second-order valence-corrected chi connectivity index (χ2v) is 4.48. The van der Waals surface area contributed by atoms with Gasteiger partial charge in [-0.1, -0.05) is 0 Å². The molecule has 0 aliphatic carbocycles. The van der Waals surface area contributed by atoms with Crippen LogP contribution in [0.1, 0.15) is 23.0 Å². The first-order valence-electron chi connectivity index (χ1n) is 5.50. The van der Waals surface area contributed by atoms with Crippen LogP contribution in [0, 0.1) is 6.92 Å². The summed E-state index contributed by atoms with van der Waals surface area (Å²) >= 11 is 1.35. The van der Waals surface area contributed by atoms with E-state index in [0.717, 1.165) is 11.3 Å². The first-order valence-corrected chi connectivity index (χ1v) is 6.38. The Kier molecular flexibility index (Phi) is 3.88. The Bertz CT molecular complexity index is 554. The van der Waals surface area contributed by atoms with Crippen LogP contribution < -0.4 is 5.32 Å². The van der Waals surface area contributed by atoms with Gasteiger partial charge in [-0.05, 0) is 25.5 Å². The van der Waals surface area contributed by atoms with E-state index in [0.29, 0.717) is 17.3 Å². The molecule has 0 aromatic carbocycles. The van der Waals surface area contributed by atoms with E-state index < -0.39 is 5.97 Å². The van der Waals surface area contributed by atoms with Crippen molar-refractivity contribution in [1.82, 2.24) is 9.97 Å². The zero-order chi connectivity index (χ0) is 13.0. The molecule has 94 valence electrons. The number of anilines is 2. The number of esters is 1. The quantitative estimate of drug-likeness (QED) is 0.859. The van der Waals surface area contributed by atoms with Crippen LogP contribution in [0.2, 0.25) is 0 Å². The number of nitrogens with one attached hydrogen (secondary N) is 1. The minimum atomic E-state index is -0.415. The van der Waals surface area contributed by atoms with Crippen LogP contribution in [0.25, 0.3) is 0 Å². The second-order valence-electron chi connectivity index (χ2n) is 3.63. The molecule has 1 N–H and O–H groups in total. The summed E-state index contributed by atoms with van der Waals surface area (Å²) in [6.45, 7) is 4.06. The van der Waals surface area contributed by atoms with Gasteiger partial charge in [-0.2, -0.15) is 0 Å². The SMILES string of the molecule is CCOC(=O)c1ncsc1Nc1cncc(C)c1. The third kappa shape index (κ3) is 2.84. The van der Waals surface area contributed by atoms with Crippen LogP contribution >= 0.6 is 11.3 Å². The number of pyridine rings is 1. The average molecular weight is 263 g/mol. The Morgan fingerprint density at radius 1 is 1.50 bits per heavy atom. The van der Waals surface area contributed by atoms with Gasteiger partial charge in [0.15, 0.2) is 5.69 Å². The van der Waals surface area contributed by atoms with Gasteiger partial charge in [-0.15, -0.1) is 11.3 Å². The van der Waals surface area contributed by atoms with Crippen molar-refractivity contribution in [3.8, 4) is 0 Å². The Hall–Kier alpha value is -1.95. The summed E-state index contributed by atoms with van der Waals surface area (Å²) in [5.41, 5.74) is 3.79. The van der Waals surface area contributed by atoms with Crippen molar-refractivity contribution < 1.29 is 9.53 Å². The van der Waals surface area contributed by atoms with Crippen molar-refractivity contribution >= 4 is 28.0 Å². The number of thiazole rings is 1. The fraction of sp³-hybridized carbons (Fsp3) is 0.250. The van der Waals surface area contributed by atoms with E-state index in [1.165, 1.54) is 11.3 Å². The maximum Gasteiger partial charge on any atom is 0.360 e. The van der Waals surface area contributed by atoms with Gasteiger partial charge in [-0.25, -0.2) is 9.78 Å². The largest absolute Gasteiger partial charge is 0.461 e. The lowest BCUT2D eigenvalue weighted by Gasteiger charge is -2.06. The van der Waals surface area contributed by atoms with Crippen molar-refractivity contribution in [2.45, 2.75) is 13.8 Å². The molecule has 0 atom stereocenters. The van der Waals surface area contributed by atoms with Crippen molar-refractivity contribution in [2.24, 2.45) is 0 Å². The van der Waals surface area contributed by atoms with Crippen LogP contribution in [-0.4, -0.2) is 22.5 Å². The highest BCUT2D eigenvalue weighted by atomic mass is 32.1. The number of aromatic nitrogens is 2. The molecule has 0 saturated carbocycles. The van der Waals surface area contributed by atoms with Gasteiger partial charge in [0.2, 0.25) is 0 Å². The van der Waals surface area contributed by atoms with E-state index in [1.54, 1.807) is 24.8 Å². The molecule has 0 unspecified atom stereocenters. The third-order valence-corrected chi connectivity index (χ3v) is 2.91. The highest BCUT2D eigenvalue weighted by molar-refractivity contribution is 7.14. The summed E-state index contributed by atoms with van der Waals surface area (Å²) < 4.78 is 4.94. The Morgan fingerprint density at radius 2 is 2.33 bits per heavy atom. The predicted molar refractivity (Wildman–Crippen MR) is 70.3 cm³/mol. The molecule has 6 heteroatoms. The number of rotatable bonds is 4. The van der Waals surface area contributed by atoms with Crippen molar-refractivity contribution in [1.29, 1.82) is 0 Å². The summed E-state index contributed by atoms with van der Waals surface area (Å²) in [5, 5.41) is 3.79.